The Bertz CT molecular complexity index is 485. The molecule has 1 atom stereocenters. The van der Waals surface area contributed by atoms with Gasteiger partial charge in [0.1, 0.15) is 0 Å². The summed E-state index contributed by atoms with van der Waals surface area (Å²) in [4.78, 5) is 2.44. The number of anilines is 2. The topological polar surface area (TPSA) is 55.3 Å². The molecule has 2 aliphatic rings. The van der Waals surface area contributed by atoms with Gasteiger partial charge in [-0.2, -0.15) is 0 Å². The Balaban J connectivity index is 1.88. The zero-order chi connectivity index (χ0) is 11.8. The van der Waals surface area contributed by atoms with Gasteiger partial charge in [-0.15, -0.1) is 0 Å². The summed E-state index contributed by atoms with van der Waals surface area (Å²) >= 11 is 0. The molecule has 0 saturated carbocycles. The van der Waals surface area contributed by atoms with E-state index in [1.54, 1.807) is 0 Å². The lowest BCUT2D eigenvalue weighted by molar-refractivity contribution is 0.748. The highest BCUT2D eigenvalue weighted by molar-refractivity contribution is 5.57. The molecule has 3 heteroatoms. The molecule has 1 aromatic rings. The van der Waals surface area contributed by atoms with E-state index in [4.69, 9.17) is 11.5 Å². The minimum atomic E-state index is 0.492. The van der Waals surface area contributed by atoms with Crippen LogP contribution < -0.4 is 16.4 Å². The molecule has 0 spiro atoms. The molecule has 0 bridgehead atoms. The van der Waals surface area contributed by atoms with E-state index in [9.17, 15) is 0 Å². The van der Waals surface area contributed by atoms with Crippen LogP contribution in [0.2, 0.25) is 0 Å². The number of hydrogen-bond acceptors (Lipinski definition) is 3. The molecule has 1 aliphatic heterocycles. The second-order valence-corrected chi connectivity index (χ2v) is 4.71. The van der Waals surface area contributed by atoms with E-state index in [-0.39, 0.29) is 0 Å². The van der Waals surface area contributed by atoms with E-state index in [1.807, 2.05) is 12.1 Å². The minimum absolute atomic E-state index is 0.492. The zero-order valence-electron chi connectivity index (χ0n) is 9.76. The summed E-state index contributed by atoms with van der Waals surface area (Å²) in [5, 5.41) is 0. The molecule has 1 aliphatic carbocycles. The molecule has 0 aromatic heterocycles. The normalized spacial score (nSPS) is 23.1. The van der Waals surface area contributed by atoms with E-state index >= 15 is 0 Å². The smallest absolute Gasteiger partial charge is 0.0542 e. The predicted octanol–water partition coefficient (Wildman–Crippen LogP) is 2.02. The number of hydrogen-bond donors (Lipinski definition) is 2. The van der Waals surface area contributed by atoms with Gasteiger partial charge in [0.15, 0.2) is 0 Å². The van der Waals surface area contributed by atoms with Gasteiger partial charge in [-0.1, -0.05) is 6.08 Å². The Morgan fingerprint density at radius 3 is 2.65 bits per heavy atom. The highest BCUT2D eigenvalue weighted by atomic mass is 15.2. The van der Waals surface area contributed by atoms with Crippen LogP contribution >= 0.6 is 0 Å². The number of nitrogens with two attached hydrogens (primary N) is 2. The largest absolute Gasteiger partial charge is 0.399 e. The SMILES string of the molecule is NC1=CCC2C(=C1)CCN2c1ccc(N)cc1. The zero-order valence-corrected chi connectivity index (χ0v) is 9.76. The molecule has 4 N–H and O–H groups in total. The fourth-order valence-corrected chi connectivity index (χ4v) is 2.71. The van der Waals surface area contributed by atoms with Gasteiger partial charge in [-0.3, -0.25) is 0 Å². The Morgan fingerprint density at radius 1 is 1.12 bits per heavy atom. The van der Waals surface area contributed by atoms with Gasteiger partial charge in [0, 0.05) is 23.6 Å². The van der Waals surface area contributed by atoms with E-state index in [1.165, 1.54) is 11.3 Å². The van der Waals surface area contributed by atoms with E-state index in [0.717, 1.165) is 30.8 Å². The van der Waals surface area contributed by atoms with Crippen molar-refractivity contribution in [3.05, 3.63) is 47.7 Å². The number of allylic oxidation sites excluding steroid dienone is 1. The summed E-state index contributed by atoms with van der Waals surface area (Å²) < 4.78 is 0. The van der Waals surface area contributed by atoms with Crippen molar-refractivity contribution in [3.8, 4) is 0 Å². The van der Waals surface area contributed by atoms with Crippen LogP contribution in [0.25, 0.3) is 0 Å². The standard InChI is InChI=1S/C14H17N3/c15-11-1-4-13(5-2-11)17-8-7-10-9-12(16)3-6-14(10)17/h1-5,9,14H,6-8,15-16H2. The van der Waals surface area contributed by atoms with Crippen LogP contribution in [0, 0.1) is 0 Å². The first kappa shape index (κ1) is 10.3. The van der Waals surface area contributed by atoms with Gasteiger partial charge < -0.3 is 16.4 Å². The summed E-state index contributed by atoms with van der Waals surface area (Å²) in [6.45, 7) is 1.07. The Labute approximate surface area is 101 Å². The highest BCUT2D eigenvalue weighted by Crippen LogP contribution is 2.34. The van der Waals surface area contributed by atoms with Gasteiger partial charge in [-0.05, 0) is 48.8 Å². The molecule has 3 rings (SSSR count). The van der Waals surface area contributed by atoms with Crippen molar-refractivity contribution in [1.82, 2.24) is 0 Å². The molecule has 1 heterocycles. The first-order valence-electron chi connectivity index (χ1n) is 6.02. The summed E-state index contributed by atoms with van der Waals surface area (Å²) in [5.74, 6) is 0. The third-order valence-electron chi connectivity index (χ3n) is 3.60. The van der Waals surface area contributed by atoms with Crippen LogP contribution in [0.3, 0.4) is 0 Å². The Kier molecular flexibility index (Phi) is 2.32. The molecule has 17 heavy (non-hydrogen) atoms. The highest BCUT2D eigenvalue weighted by Gasteiger charge is 2.30. The van der Waals surface area contributed by atoms with Crippen LogP contribution in [-0.4, -0.2) is 12.6 Å². The van der Waals surface area contributed by atoms with Crippen molar-refractivity contribution < 1.29 is 0 Å². The fourth-order valence-electron chi connectivity index (χ4n) is 2.71. The third kappa shape index (κ3) is 1.78. The second-order valence-electron chi connectivity index (χ2n) is 4.71. The van der Waals surface area contributed by atoms with Crippen molar-refractivity contribution in [2.24, 2.45) is 5.73 Å². The summed E-state index contributed by atoms with van der Waals surface area (Å²) in [6, 6.07) is 8.61. The molecule has 88 valence electrons. The molecular formula is C14H17N3. The van der Waals surface area contributed by atoms with E-state index < -0.39 is 0 Å². The van der Waals surface area contributed by atoms with Crippen LogP contribution in [0.4, 0.5) is 11.4 Å². The molecule has 1 unspecified atom stereocenters. The van der Waals surface area contributed by atoms with E-state index in [0.29, 0.717) is 6.04 Å². The van der Waals surface area contributed by atoms with E-state index in [2.05, 4.69) is 29.2 Å². The first-order valence-corrected chi connectivity index (χ1v) is 6.02. The monoisotopic (exact) mass is 227 g/mol. The number of fused-ring (bicyclic) bond motifs is 1. The lowest BCUT2D eigenvalue weighted by Gasteiger charge is -2.28. The van der Waals surface area contributed by atoms with Gasteiger partial charge in [0.05, 0.1) is 6.04 Å². The summed E-state index contributed by atoms with van der Waals surface area (Å²) in [5.41, 5.74) is 16.0. The maximum absolute atomic E-state index is 5.84. The maximum Gasteiger partial charge on any atom is 0.0542 e. The molecule has 3 nitrogen and oxygen atoms in total. The van der Waals surface area contributed by atoms with Crippen LogP contribution in [0.15, 0.2) is 47.7 Å². The van der Waals surface area contributed by atoms with Crippen molar-refractivity contribution in [1.29, 1.82) is 0 Å². The molecule has 1 aromatic carbocycles. The third-order valence-corrected chi connectivity index (χ3v) is 3.60. The van der Waals surface area contributed by atoms with Crippen molar-refractivity contribution in [3.63, 3.8) is 0 Å². The van der Waals surface area contributed by atoms with Gasteiger partial charge in [0.2, 0.25) is 0 Å². The van der Waals surface area contributed by atoms with Crippen LogP contribution in [0.1, 0.15) is 12.8 Å². The quantitative estimate of drug-likeness (QED) is 0.722. The van der Waals surface area contributed by atoms with Crippen molar-refractivity contribution in [2.45, 2.75) is 18.9 Å². The van der Waals surface area contributed by atoms with Crippen molar-refractivity contribution >= 4 is 11.4 Å². The number of nitrogens with zero attached hydrogens (tertiary/aromatic N) is 1. The first-order chi connectivity index (χ1) is 8.24. The average molecular weight is 227 g/mol. The Morgan fingerprint density at radius 2 is 1.88 bits per heavy atom. The second kappa shape index (κ2) is 3.84. The van der Waals surface area contributed by atoms with Crippen LogP contribution in [0.5, 0.6) is 0 Å². The van der Waals surface area contributed by atoms with Crippen LogP contribution in [-0.2, 0) is 0 Å². The lowest BCUT2D eigenvalue weighted by atomic mass is 9.98. The molecular weight excluding hydrogens is 210 g/mol. The molecule has 0 amide bonds. The number of nitrogen functional groups attached to an aromatic ring is 1. The van der Waals surface area contributed by atoms with Gasteiger partial charge >= 0.3 is 0 Å². The summed E-state index contributed by atoms with van der Waals surface area (Å²) in [6.07, 6.45) is 6.38. The lowest BCUT2D eigenvalue weighted by Crippen LogP contribution is -2.30. The van der Waals surface area contributed by atoms with Gasteiger partial charge in [0.25, 0.3) is 0 Å². The molecule has 1 fully saturated rings. The number of benzene rings is 1. The van der Waals surface area contributed by atoms with Crippen molar-refractivity contribution in [2.75, 3.05) is 17.2 Å². The minimum Gasteiger partial charge on any atom is -0.399 e. The molecule has 1 saturated heterocycles. The molecule has 0 radical (unpaired) electrons. The van der Waals surface area contributed by atoms with Gasteiger partial charge in [-0.25, -0.2) is 0 Å². The summed E-state index contributed by atoms with van der Waals surface area (Å²) in [7, 11) is 0. The predicted molar refractivity (Wildman–Crippen MR) is 71.6 cm³/mol. The number of rotatable bonds is 1. The average Bonchev–Trinajstić information content (AvgIpc) is 2.73. The Hall–Kier alpha value is -1.90. The maximum atomic E-state index is 5.84. The fraction of sp³-hybridized carbons (Fsp3) is 0.286.